The normalized spacial score (nSPS) is 30.8. The summed E-state index contributed by atoms with van der Waals surface area (Å²) in [5, 5.41) is 0.889. The Morgan fingerprint density at radius 1 is 1.50 bits per heavy atom. The van der Waals surface area contributed by atoms with Gasteiger partial charge in [0.15, 0.2) is 0 Å². The van der Waals surface area contributed by atoms with E-state index in [4.69, 9.17) is 0 Å². The highest BCUT2D eigenvalue weighted by Crippen LogP contribution is 2.27. The van der Waals surface area contributed by atoms with Gasteiger partial charge in [0.25, 0.3) is 0 Å². The number of nitrogens with one attached hydrogen (secondary N) is 1. The van der Waals surface area contributed by atoms with Crippen molar-refractivity contribution in [3.8, 4) is 0 Å². The molecule has 3 nitrogen and oxygen atoms in total. The maximum absolute atomic E-state index is 10.9. The fourth-order valence-corrected chi connectivity index (χ4v) is 3.29. The molecule has 1 fully saturated rings. The van der Waals surface area contributed by atoms with Crippen LogP contribution in [0.25, 0.3) is 0 Å². The van der Waals surface area contributed by atoms with Gasteiger partial charge in [0.05, 0.1) is 6.26 Å². The molecule has 2 atom stereocenters. The molecule has 1 rings (SSSR count). The Morgan fingerprint density at radius 2 is 2.17 bits per heavy atom. The molecule has 0 aromatic rings. The van der Waals surface area contributed by atoms with Crippen LogP contribution in [0.1, 0.15) is 19.3 Å². The molecule has 0 radical (unpaired) electrons. The molecule has 2 unspecified atom stereocenters. The molecule has 0 aliphatic heterocycles. The lowest BCUT2D eigenvalue weighted by Gasteiger charge is -2.17. The standard InChI is InChI=1S/C7H14BrNO2S/c1-12(10,11)9-7-4-2-3-6(7)5-8/h6-7,9H,2-5H2,1H3. The summed E-state index contributed by atoms with van der Waals surface area (Å²) in [6.07, 6.45) is 4.45. The number of hydrogen-bond donors (Lipinski definition) is 1. The zero-order chi connectivity index (χ0) is 9.19. The SMILES string of the molecule is CS(=O)(=O)NC1CCCC1CBr. The lowest BCUT2D eigenvalue weighted by molar-refractivity contribution is 0.486. The van der Waals surface area contributed by atoms with Gasteiger partial charge in [-0.15, -0.1) is 0 Å². The summed E-state index contributed by atoms with van der Waals surface area (Å²) in [6.45, 7) is 0. The number of alkyl halides is 1. The highest BCUT2D eigenvalue weighted by atomic mass is 79.9. The van der Waals surface area contributed by atoms with Crippen molar-refractivity contribution >= 4 is 26.0 Å². The first-order valence-corrected chi connectivity index (χ1v) is 7.07. The minimum atomic E-state index is -3.02. The maximum Gasteiger partial charge on any atom is 0.208 e. The zero-order valence-electron chi connectivity index (χ0n) is 7.09. The quantitative estimate of drug-likeness (QED) is 0.768. The minimum Gasteiger partial charge on any atom is -0.213 e. The van der Waals surface area contributed by atoms with Crippen LogP contribution in [0, 0.1) is 5.92 Å². The Bertz CT molecular complexity index is 240. The Labute approximate surface area is 82.1 Å². The Balaban J connectivity index is 2.52. The van der Waals surface area contributed by atoms with Gasteiger partial charge in [0.2, 0.25) is 10.0 Å². The van der Waals surface area contributed by atoms with Crippen molar-refractivity contribution in [3.63, 3.8) is 0 Å². The fourth-order valence-electron chi connectivity index (χ4n) is 1.65. The van der Waals surface area contributed by atoms with E-state index >= 15 is 0 Å². The van der Waals surface area contributed by atoms with Crippen molar-refractivity contribution < 1.29 is 8.42 Å². The van der Waals surface area contributed by atoms with Gasteiger partial charge in [0.1, 0.15) is 0 Å². The lowest BCUT2D eigenvalue weighted by Crippen LogP contribution is -2.37. The first kappa shape index (κ1) is 10.5. The summed E-state index contributed by atoms with van der Waals surface area (Å²) in [5.74, 6) is 0.472. The van der Waals surface area contributed by atoms with E-state index in [1.165, 1.54) is 6.26 Å². The van der Waals surface area contributed by atoms with Crippen molar-refractivity contribution in [1.82, 2.24) is 4.72 Å². The number of rotatable bonds is 3. The number of hydrogen-bond acceptors (Lipinski definition) is 2. The summed E-state index contributed by atoms with van der Waals surface area (Å²) >= 11 is 3.39. The second-order valence-corrected chi connectivity index (χ2v) is 5.77. The maximum atomic E-state index is 10.9. The minimum absolute atomic E-state index is 0.152. The van der Waals surface area contributed by atoms with Gasteiger partial charge in [-0.2, -0.15) is 0 Å². The molecule has 0 heterocycles. The summed E-state index contributed by atoms with van der Waals surface area (Å²) in [5.41, 5.74) is 0. The largest absolute Gasteiger partial charge is 0.213 e. The molecule has 0 bridgehead atoms. The molecule has 0 aromatic carbocycles. The third kappa shape index (κ3) is 3.03. The predicted octanol–water partition coefficient (Wildman–Crippen LogP) is 1.10. The van der Waals surface area contributed by atoms with Crippen molar-refractivity contribution in [3.05, 3.63) is 0 Å². The van der Waals surface area contributed by atoms with Crippen molar-refractivity contribution in [2.45, 2.75) is 25.3 Å². The van der Waals surface area contributed by atoms with Crippen LogP contribution in [-0.2, 0) is 10.0 Å². The van der Waals surface area contributed by atoms with E-state index in [1.807, 2.05) is 0 Å². The molecule has 1 aliphatic carbocycles. The average Bonchev–Trinajstić information content (AvgIpc) is 2.31. The molecular formula is C7H14BrNO2S. The first-order chi connectivity index (χ1) is 5.53. The Hall–Kier alpha value is 0.390. The summed E-state index contributed by atoms with van der Waals surface area (Å²) in [7, 11) is -3.02. The van der Waals surface area contributed by atoms with E-state index in [9.17, 15) is 8.42 Å². The van der Waals surface area contributed by atoms with Crippen LogP contribution in [0.2, 0.25) is 0 Å². The molecule has 0 saturated heterocycles. The molecule has 5 heteroatoms. The second-order valence-electron chi connectivity index (χ2n) is 3.34. The van der Waals surface area contributed by atoms with Gasteiger partial charge in [-0.25, -0.2) is 13.1 Å². The van der Waals surface area contributed by atoms with Crippen LogP contribution in [0.15, 0.2) is 0 Å². The molecule has 72 valence electrons. The van der Waals surface area contributed by atoms with Crippen LogP contribution >= 0.6 is 15.9 Å². The van der Waals surface area contributed by atoms with Crippen LogP contribution in [0.5, 0.6) is 0 Å². The zero-order valence-corrected chi connectivity index (χ0v) is 9.49. The average molecular weight is 256 g/mol. The molecule has 12 heavy (non-hydrogen) atoms. The van der Waals surface area contributed by atoms with Gasteiger partial charge < -0.3 is 0 Å². The summed E-state index contributed by atoms with van der Waals surface area (Å²) in [4.78, 5) is 0. The fraction of sp³-hybridized carbons (Fsp3) is 1.00. The highest BCUT2D eigenvalue weighted by Gasteiger charge is 2.28. The molecule has 1 N–H and O–H groups in total. The topological polar surface area (TPSA) is 46.2 Å². The third-order valence-corrected chi connectivity index (χ3v) is 3.79. The molecule has 1 saturated carbocycles. The van der Waals surface area contributed by atoms with E-state index < -0.39 is 10.0 Å². The molecule has 0 amide bonds. The van der Waals surface area contributed by atoms with Gasteiger partial charge in [-0.05, 0) is 18.8 Å². The Kier molecular flexibility index (Phi) is 3.55. The number of halogens is 1. The highest BCUT2D eigenvalue weighted by molar-refractivity contribution is 9.09. The van der Waals surface area contributed by atoms with E-state index in [1.54, 1.807) is 0 Å². The number of sulfonamides is 1. The van der Waals surface area contributed by atoms with Gasteiger partial charge >= 0.3 is 0 Å². The predicted molar refractivity (Wildman–Crippen MR) is 52.9 cm³/mol. The van der Waals surface area contributed by atoms with Crippen LogP contribution in [0.4, 0.5) is 0 Å². The Morgan fingerprint density at radius 3 is 2.67 bits per heavy atom. The van der Waals surface area contributed by atoms with Crippen molar-refractivity contribution in [2.24, 2.45) is 5.92 Å². The van der Waals surface area contributed by atoms with Crippen molar-refractivity contribution in [1.29, 1.82) is 0 Å². The van der Waals surface area contributed by atoms with Crippen molar-refractivity contribution in [2.75, 3.05) is 11.6 Å². The van der Waals surface area contributed by atoms with Gasteiger partial charge in [0, 0.05) is 11.4 Å². The monoisotopic (exact) mass is 255 g/mol. The summed E-state index contributed by atoms with van der Waals surface area (Å²) in [6, 6.07) is 0.152. The second kappa shape index (κ2) is 4.07. The van der Waals surface area contributed by atoms with E-state index in [0.29, 0.717) is 5.92 Å². The van der Waals surface area contributed by atoms with E-state index in [2.05, 4.69) is 20.7 Å². The molecule has 0 spiro atoms. The summed E-state index contributed by atoms with van der Waals surface area (Å²) < 4.78 is 24.5. The lowest BCUT2D eigenvalue weighted by atomic mass is 10.1. The van der Waals surface area contributed by atoms with E-state index in [-0.39, 0.29) is 6.04 Å². The molecular weight excluding hydrogens is 242 g/mol. The smallest absolute Gasteiger partial charge is 0.208 e. The first-order valence-electron chi connectivity index (χ1n) is 4.06. The van der Waals surface area contributed by atoms with E-state index in [0.717, 1.165) is 24.6 Å². The van der Waals surface area contributed by atoms with Gasteiger partial charge in [-0.1, -0.05) is 22.4 Å². The van der Waals surface area contributed by atoms with Gasteiger partial charge in [-0.3, -0.25) is 0 Å². The molecule has 0 aromatic heterocycles. The van der Waals surface area contributed by atoms with Crippen LogP contribution in [0.3, 0.4) is 0 Å². The molecule has 1 aliphatic rings. The van der Waals surface area contributed by atoms with Crippen LogP contribution < -0.4 is 4.72 Å². The van der Waals surface area contributed by atoms with Crippen LogP contribution in [-0.4, -0.2) is 26.0 Å². The third-order valence-electron chi connectivity index (χ3n) is 2.22.